The summed E-state index contributed by atoms with van der Waals surface area (Å²) in [6.45, 7) is 7.29. The molecule has 0 bridgehead atoms. The van der Waals surface area contributed by atoms with Gasteiger partial charge in [-0.25, -0.2) is 0 Å². The Kier molecular flexibility index (Phi) is 7.29. The molecule has 1 aromatic carbocycles. The predicted octanol–water partition coefficient (Wildman–Crippen LogP) is 4.12. The zero-order chi connectivity index (χ0) is 20.2. The summed E-state index contributed by atoms with van der Waals surface area (Å²) in [6, 6.07) is 7.07. The number of likely N-dealkylation sites (tertiary alicyclic amines) is 1. The molecule has 3 atom stereocenters. The molecular weight excluding hydrogens is 366 g/mol. The fourth-order valence-corrected chi connectivity index (χ4v) is 3.75. The number of rotatable bonds is 6. The quantitative estimate of drug-likeness (QED) is 0.735. The van der Waals surface area contributed by atoms with E-state index in [0.717, 1.165) is 12.0 Å². The van der Waals surface area contributed by atoms with Crippen LogP contribution in [0, 0.1) is 5.92 Å². The van der Waals surface area contributed by atoms with E-state index >= 15 is 0 Å². The number of hydrogen-bond donors (Lipinski definition) is 1. The molecule has 1 aliphatic rings. The molecule has 1 aliphatic heterocycles. The van der Waals surface area contributed by atoms with Gasteiger partial charge in [-0.1, -0.05) is 30.7 Å². The minimum absolute atomic E-state index is 0.0712. The van der Waals surface area contributed by atoms with Crippen molar-refractivity contribution < 1.29 is 19.4 Å². The maximum atomic E-state index is 13.2. The molecule has 0 aliphatic carbocycles. The maximum absolute atomic E-state index is 13.2. The van der Waals surface area contributed by atoms with Crippen molar-refractivity contribution in [3.63, 3.8) is 0 Å². The van der Waals surface area contributed by atoms with Crippen LogP contribution in [0.5, 0.6) is 0 Å². The molecule has 1 saturated heterocycles. The number of esters is 1. The molecule has 2 rings (SSSR count). The Hall–Kier alpha value is -1.59. The first-order valence-corrected chi connectivity index (χ1v) is 9.94. The van der Waals surface area contributed by atoms with Gasteiger partial charge in [-0.3, -0.25) is 9.59 Å². The number of halogens is 1. The molecule has 1 heterocycles. The van der Waals surface area contributed by atoms with Gasteiger partial charge in [0.1, 0.15) is 5.60 Å². The minimum atomic E-state index is -0.572. The second-order valence-corrected chi connectivity index (χ2v) is 8.56. The van der Waals surface area contributed by atoms with Gasteiger partial charge in [-0.2, -0.15) is 0 Å². The van der Waals surface area contributed by atoms with Crippen molar-refractivity contribution in [2.75, 3.05) is 6.61 Å². The third-order valence-corrected chi connectivity index (χ3v) is 5.14. The van der Waals surface area contributed by atoms with Crippen LogP contribution in [0.25, 0.3) is 0 Å². The van der Waals surface area contributed by atoms with E-state index in [1.54, 1.807) is 4.90 Å². The third-order valence-electron chi connectivity index (χ3n) is 4.89. The number of aliphatic hydroxyl groups is 1. The van der Waals surface area contributed by atoms with Crippen LogP contribution in [-0.2, 0) is 14.3 Å². The van der Waals surface area contributed by atoms with Gasteiger partial charge in [-0.05, 0) is 57.7 Å². The molecule has 150 valence electrons. The summed E-state index contributed by atoms with van der Waals surface area (Å²) in [7, 11) is 0. The molecule has 0 aromatic heterocycles. The van der Waals surface area contributed by atoms with Gasteiger partial charge >= 0.3 is 5.97 Å². The Bertz CT molecular complexity index is 649. The van der Waals surface area contributed by atoms with E-state index in [1.165, 1.54) is 0 Å². The van der Waals surface area contributed by atoms with Crippen LogP contribution in [-0.4, -0.2) is 40.1 Å². The van der Waals surface area contributed by atoms with Gasteiger partial charge in [0.25, 0.3) is 0 Å². The van der Waals surface area contributed by atoms with E-state index in [9.17, 15) is 14.7 Å². The summed E-state index contributed by atoms with van der Waals surface area (Å²) in [5, 5.41) is 10.5. The monoisotopic (exact) mass is 395 g/mol. The van der Waals surface area contributed by atoms with Crippen molar-refractivity contribution >= 4 is 23.5 Å². The van der Waals surface area contributed by atoms with Crippen molar-refractivity contribution in [2.45, 2.75) is 71.1 Å². The van der Waals surface area contributed by atoms with Gasteiger partial charge in [-0.15, -0.1) is 0 Å². The van der Waals surface area contributed by atoms with Gasteiger partial charge in [0, 0.05) is 10.9 Å². The SMILES string of the molecule is CCC(CO)N1C(=O)C(CC(=O)OC(C)(C)C)CC[C@H]1c1ccc(Cl)cc1. The number of amides is 1. The van der Waals surface area contributed by atoms with E-state index in [0.29, 0.717) is 17.9 Å². The molecule has 1 amide bonds. The van der Waals surface area contributed by atoms with Crippen molar-refractivity contribution in [1.82, 2.24) is 4.90 Å². The lowest BCUT2D eigenvalue weighted by Crippen LogP contribution is -2.50. The molecule has 1 N–H and O–H groups in total. The van der Waals surface area contributed by atoms with E-state index in [-0.39, 0.29) is 37.0 Å². The Morgan fingerprint density at radius 1 is 1.30 bits per heavy atom. The smallest absolute Gasteiger partial charge is 0.307 e. The highest BCUT2D eigenvalue weighted by Gasteiger charge is 2.40. The molecule has 0 saturated carbocycles. The number of hydrogen-bond acceptors (Lipinski definition) is 4. The number of benzene rings is 1. The van der Waals surface area contributed by atoms with E-state index in [4.69, 9.17) is 16.3 Å². The molecule has 27 heavy (non-hydrogen) atoms. The van der Waals surface area contributed by atoms with Gasteiger partial charge in [0.15, 0.2) is 0 Å². The second kappa shape index (κ2) is 9.07. The summed E-state index contributed by atoms with van der Waals surface area (Å²) in [5.74, 6) is -0.861. The number of carbonyl (C=O) groups is 2. The normalized spacial score (nSPS) is 21.9. The fraction of sp³-hybridized carbons (Fsp3) is 0.619. The fourth-order valence-electron chi connectivity index (χ4n) is 3.62. The first-order valence-electron chi connectivity index (χ1n) is 9.56. The van der Waals surface area contributed by atoms with Gasteiger partial charge < -0.3 is 14.7 Å². The van der Waals surface area contributed by atoms with Crippen LogP contribution >= 0.6 is 11.6 Å². The van der Waals surface area contributed by atoms with Crippen molar-refractivity contribution in [1.29, 1.82) is 0 Å². The molecule has 5 nitrogen and oxygen atoms in total. The number of aliphatic hydroxyl groups excluding tert-OH is 1. The second-order valence-electron chi connectivity index (χ2n) is 8.12. The van der Waals surface area contributed by atoms with Gasteiger partial charge in [0.05, 0.1) is 25.1 Å². The van der Waals surface area contributed by atoms with Crippen molar-refractivity contribution in [2.24, 2.45) is 5.92 Å². The summed E-state index contributed by atoms with van der Waals surface area (Å²) >= 11 is 5.99. The zero-order valence-corrected chi connectivity index (χ0v) is 17.3. The third kappa shape index (κ3) is 5.69. The summed E-state index contributed by atoms with van der Waals surface area (Å²) in [6.07, 6.45) is 2.06. The van der Waals surface area contributed by atoms with Crippen molar-refractivity contribution in [3.8, 4) is 0 Å². The highest BCUT2D eigenvalue weighted by atomic mass is 35.5. The lowest BCUT2D eigenvalue weighted by molar-refractivity contribution is -0.161. The maximum Gasteiger partial charge on any atom is 0.307 e. The zero-order valence-electron chi connectivity index (χ0n) is 16.6. The Morgan fingerprint density at radius 3 is 2.44 bits per heavy atom. The highest BCUT2D eigenvalue weighted by Crippen LogP contribution is 2.38. The number of nitrogens with zero attached hydrogens (tertiary/aromatic N) is 1. The lowest BCUT2D eigenvalue weighted by Gasteiger charge is -2.43. The molecular formula is C21H30ClNO4. The van der Waals surface area contributed by atoms with E-state index < -0.39 is 11.5 Å². The predicted molar refractivity (Wildman–Crippen MR) is 105 cm³/mol. The first-order chi connectivity index (χ1) is 12.7. The molecule has 0 spiro atoms. The highest BCUT2D eigenvalue weighted by molar-refractivity contribution is 6.30. The lowest BCUT2D eigenvalue weighted by atomic mass is 9.85. The Morgan fingerprint density at radius 2 is 1.93 bits per heavy atom. The van der Waals surface area contributed by atoms with Crippen molar-refractivity contribution in [3.05, 3.63) is 34.9 Å². The summed E-state index contributed by atoms with van der Waals surface area (Å²) in [4.78, 5) is 27.2. The average molecular weight is 396 g/mol. The molecule has 1 fully saturated rings. The molecule has 6 heteroatoms. The topological polar surface area (TPSA) is 66.8 Å². The molecule has 2 unspecified atom stereocenters. The number of piperidine rings is 1. The van der Waals surface area contributed by atoms with Crippen LogP contribution in [0.4, 0.5) is 0 Å². The Labute approximate surface area is 166 Å². The van der Waals surface area contributed by atoms with Crippen LogP contribution in [0.3, 0.4) is 0 Å². The largest absolute Gasteiger partial charge is 0.460 e. The Balaban J connectivity index is 2.22. The summed E-state index contributed by atoms with van der Waals surface area (Å²) < 4.78 is 5.39. The van der Waals surface area contributed by atoms with Crippen LogP contribution in [0.2, 0.25) is 5.02 Å². The molecule has 1 aromatic rings. The number of carbonyl (C=O) groups excluding carboxylic acids is 2. The first kappa shape index (κ1) is 21.7. The standard InChI is InChI=1S/C21H30ClNO4/c1-5-17(13-24)23-18(14-6-9-16(22)10-7-14)11-8-15(20(23)26)12-19(25)27-21(2,3)4/h6-7,9-10,15,17-18,24H,5,8,11-13H2,1-4H3/t15?,17?,18-/m0/s1. The minimum Gasteiger partial charge on any atom is -0.460 e. The van der Waals surface area contributed by atoms with Crippen LogP contribution in [0.15, 0.2) is 24.3 Å². The van der Waals surface area contributed by atoms with E-state index in [2.05, 4.69) is 0 Å². The van der Waals surface area contributed by atoms with Crippen LogP contribution in [0.1, 0.15) is 65.0 Å². The number of ether oxygens (including phenoxy) is 1. The average Bonchev–Trinajstić information content (AvgIpc) is 2.58. The summed E-state index contributed by atoms with van der Waals surface area (Å²) in [5.41, 5.74) is 0.424. The molecule has 0 radical (unpaired) electrons. The van der Waals surface area contributed by atoms with Gasteiger partial charge in [0.2, 0.25) is 5.91 Å². The van der Waals surface area contributed by atoms with E-state index in [1.807, 2.05) is 52.0 Å². The van der Waals surface area contributed by atoms with Crippen LogP contribution < -0.4 is 0 Å².